The van der Waals surface area contributed by atoms with Gasteiger partial charge in [0.05, 0.1) is 0 Å². The largest absolute Gasteiger partial charge is 0.368 e. The molecule has 1 aliphatic carbocycles. The van der Waals surface area contributed by atoms with E-state index in [0.29, 0.717) is 5.41 Å². The smallest absolute Gasteiger partial charge is 0.238 e. The second kappa shape index (κ2) is 7.10. The number of hydrogen-bond acceptors (Lipinski definition) is 3. The molecule has 1 aliphatic heterocycles. The number of hydrogen-bond donors (Lipinski definition) is 2. The molecule has 1 unspecified atom stereocenters. The van der Waals surface area contributed by atoms with Crippen LogP contribution in [0.1, 0.15) is 65.2 Å². The summed E-state index contributed by atoms with van der Waals surface area (Å²) in [7, 11) is 0. The number of carbonyl (C=O) groups is 1. The van der Waals surface area contributed by atoms with E-state index in [1.807, 2.05) is 6.92 Å². The molecule has 1 saturated carbocycles. The minimum absolute atomic E-state index is 0.228. The Morgan fingerprint density at radius 3 is 2.33 bits per heavy atom. The van der Waals surface area contributed by atoms with Gasteiger partial charge in [0.2, 0.25) is 5.91 Å². The minimum atomic E-state index is -0.590. The quantitative estimate of drug-likeness (QED) is 0.790. The van der Waals surface area contributed by atoms with Crippen LogP contribution in [0.15, 0.2) is 0 Å². The van der Waals surface area contributed by atoms with Crippen molar-refractivity contribution in [1.29, 1.82) is 0 Å². The summed E-state index contributed by atoms with van der Waals surface area (Å²) in [4.78, 5) is 14.3. The van der Waals surface area contributed by atoms with Crippen LogP contribution < -0.4 is 11.1 Å². The molecule has 0 bridgehead atoms. The lowest BCUT2D eigenvalue weighted by molar-refractivity contribution is -0.124. The van der Waals surface area contributed by atoms with Gasteiger partial charge in [0, 0.05) is 6.54 Å². The number of nitrogens with two attached hydrogens (primary N) is 1. The molecule has 3 N–H and O–H groups in total. The molecular formula is C17H33N3O. The Morgan fingerprint density at radius 2 is 1.81 bits per heavy atom. The van der Waals surface area contributed by atoms with Gasteiger partial charge in [-0.1, -0.05) is 26.2 Å². The third-order valence-electron chi connectivity index (χ3n) is 5.68. The number of likely N-dealkylation sites (tertiary alicyclic amines) is 1. The lowest BCUT2D eigenvalue weighted by atomic mass is 9.68. The Kier molecular flexibility index (Phi) is 5.67. The molecule has 4 heteroatoms. The van der Waals surface area contributed by atoms with Crippen molar-refractivity contribution in [3.8, 4) is 0 Å². The summed E-state index contributed by atoms with van der Waals surface area (Å²) in [6.45, 7) is 7.90. The van der Waals surface area contributed by atoms with Crippen LogP contribution in [0.25, 0.3) is 0 Å². The Hall–Kier alpha value is -0.610. The topological polar surface area (TPSA) is 58.4 Å². The van der Waals surface area contributed by atoms with Crippen molar-refractivity contribution >= 4 is 5.91 Å². The van der Waals surface area contributed by atoms with Crippen molar-refractivity contribution in [2.24, 2.45) is 11.1 Å². The average Bonchev–Trinajstić information content (AvgIpc) is 2.49. The highest BCUT2D eigenvalue weighted by molar-refractivity contribution is 5.84. The van der Waals surface area contributed by atoms with E-state index in [1.54, 1.807) is 0 Å². The zero-order valence-corrected chi connectivity index (χ0v) is 13.9. The van der Waals surface area contributed by atoms with Gasteiger partial charge < -0.3 is 16.0 Å². The minimum Gasteiger partial charge on any atom is -0.368 e. The Balaban J connectivity index is 1.87. The van der Waals surface area contributed by atoms with Crippen LogP contribution in [-0.4, -0.2) is 42.5 Å². The van der Waals surface area contributed by atoms with Crippen LogP contribution >= 0.6 is 0 Å². The van der Waals surface area contributed by atoms with E-state index in [9.17, 15) is 4.79 Å². The standard InChI is InChI=1S/C17H33N3O/c1-3-11-19-16(2,15(18)21)14-20-12-9-17(10-13-20)7-5-4-6-8-17/h19H,3-14H2,1-2H3,(H2,18,21). The average molecular weight is 295 g/mol. The van der Waals surface area contributed by atoms with Crippen LogP contribution in [0.5, 0.6) is 0 Å². The third kappa shape index (κ3) is 4.19. The van der Waals surface area contributed by atoms with E-state index in [-0.39, 0.29) is 5.91 Å². The van der Waals surface area contributed by atoms with Crippen molar-refractivity contribution in [1.82, 2.24) is 10.2 Å². The van der Waals surface area contributed by atoms with Crippen molar-refractivity contribution < 1.29 is 4.79 Å². The van der Waals surface area contributed by atoms with E-state index >= 15 is 0 Å². The predicted octanol–water partition coefficient (Wildman–Crippen LogP) is 2.28. The first-order chi connectivity index (χ1) is 10.00. The van der Waals surface area contributed by atoms with Gasteiger partial charge in [0.1, 0.15) is 5.54 Å². The highest BCUT2D eigenvalue weighted by Crippen LogP contribution is 2.44. The lowest BCUT2D eigenvalue weighted by Gasteiger charge is -2.46. The molecule has 122 valence electrons. The molecule has 2 fully saturated rings. The number of carbonyl (C=O) groups excluding carboxylic acids is 1. The van der Waals surface area contributed by atoms with E-state index < -0.39 is 5.54 Å². The molecule has 2 aliphatic rings. The summed E-state index contributed by atoms with van der Waals surface area (Å²) >= 11 is 0. The number of nitrogens with zero attached hydrogens (tertiary/aromatic N) is 1. The summed E-state index contributed by atoms with van der Waals surface area (Å²) < 4.78 is 0. The van der Waals surface area contributed by atoms with Crippen molar-refractivity contribution in [3.63, 3.8) is 0 Å². The first kappa shape index (κ1) is 16.8. The van der Waals surface area contributed by atoms with Gasteiger partial charge >= 0.3 is 0 Å². The van der Waals surface area contributed by atoms with E-state index in [1.165, 1.54) is 44.9 Å². The molecular weight excluding hydrogens is 262 g/mol. The molecule has 0 aromatic heterocycles. The Morgan fingerprint density at radius 1 is 1.19 bits per heavy atom. The summed E-state index contributed by atoms with van der Waals surface area (Å²) in [5.41, 5.74) is 5.67. The molecule has 0 radical (unpaired) electrons. The number of amides is 1. The Bertz CT molecular complexity index is 342. The maximum absolute atomic E-state index is 11.8. The molecule has 4 nitrogen and oxygen atoms in total. The number of primary amides is 1. The van der Waals surface area contributed by atoms with Gasteiger partial charge in [0.15, 0.2) is 0 Å². The van der Waals surface area contributed by atoms with Crippen LogP contribution in [0.4, 0.5) is 0 Å². The molecule has 1 saturated heterocycles. The molecule has 0 aromatic rings. The second-order valence-electron chi connectivity index (χ2n) is 7.46. The SMILES string of the molecule is CCCNC(C)(CN1CCC2(CCCCC2)CC1)C(N)=O. The summed E-state index contributed by atoms with van der Waals surface area (Å²) in [5.74, 6) is -0.228. The maximum Gasteiger partial charge on any atom is 0.238 e. The third-order valence-corrected chi connectivity index (χ3v) is 5.68. The highest BCUT2D eigenvalue weighted by atomic mass is 16.1. The number of piperidine rings is 1. The summed E-state index contributed by atoms with van der Waals surface area (Å²) in [6, 6.07) is 0. The first-order valence-electron chi connectivity index (χ1n) is 8.77. The van der Waals surface area contributed by atoms with E-state index in [2.05, 4.69) is 17.1 Å². The highest BCUT2D eigenvalue weighted by Gasteiger charge is 2.38. The second-order valence-corrected chi connectivity index (χ2v) is 7.46. The molecule has 2 rings (SSSR count). The molecule has 1 spiro atoms. The fourth-order valence-corrected chi connectivity index (χ4v) is 4.06. The van der Waals surface area contributed by atoms with Crippen LogP contribution in [0, 0.1) is 5.41 Å². The van der Waals surface area contributed by atoms with Gasteiger partial charge in [0.25, 0.3) is 0 Å². The van der Waals surface area contributed by atoms with E-state index in [4.69, 9.17) is 5.73 Å². The van der Waals surface area contributed by atoms with Crippen LogP contribution in [0.3, 0.4) is 0 Å². The molecule has 1 heterocycles. The first-order valence-corrected chi connectivity index (χ1v) is 8.77. The zero-order valence-electron chi connectivity index (χ0n) is 13.9. The summed E-state index contributed by atoms with van der Waals surface area (Å²) in [5, 5.41) is 3.35. The lowest BCUT2D eigenvalue weighted by Crippen LogP contribution is -2.60. The van der Waals surface area contributed by atoms with Gasteiger partial charge in [-0.3, -0.25) is 4.79 Å². The predicted molar refractivity (Wildman–Crippen MR) is 87.1 cm³/mol. The van der Waals surface area contributed by atoms with Crippen molar-refractivity contribution in [2.45, 2.75) is 70.8 Å². The van der Waals surface area contributed by atoms with Gasteiger partial charge in [-0.2, -0.15) is 0 Å². The number of nitrogens with one attached hydrogen (secondary N) is 1. The fraction of sp³-hybridized carbons (Fsp3) is 0.941. The monoisotopic (exact) mass is 295 g/mol. The van der Waals surface area contributed by atoms with Crippen LogP contribution in [0.2, 0.25) is 0 Å². The Labute approximate surface area is 129 Å². The molecule has 1 atom stereocenters. The molecule has 21 heavy (non-hydrogen) atoms. The van der Waals surface area contributed by atoms with Gasteiger partial charge in [-0.15, -0.1) is 0 Å². The molecule has 1 amide bonds. The van der Waals surface area contributed by atoms with Gasteiger partial charge in [-0.25, -0.2) is 0 Å². The zero-order chi connectivity index (χ0) is 15.3. The normalized spacial score (nSPS) is 25.6. The van der Waals surface area contributed by atoms with Crippen LogP contribution in [-0.2, 0) is 4.79 Å². The van der Waals surface area contributed by atoms with Gasteiger partial charge in [-0.05, 0) is 64.1 Å². The van der Waals surface area contributed by atoms with Crippen molar-refractivity contribution in [3.05, 3.63) is 0 Å². The fourth-order valence-electron chi connectivity index (χ4n) is 4.06. The molecule has 0 aromatic carbocycles. The summed E-state index contributed by atoms with van der Waals surface area (Å²) in [6.07, 6.45) is 10.7. The maximum atomic E-state index is 11.8. The number of rotatable bonds is 6. The van der Waals surface area contributed by atoms with E-state index in [0.717, 1.165) is 32.6 Å². The van der Waals surface area contributed by atoms with Crippen molar-refractivity contribution in [2.75, 3.05) is 26.2 Å².